The predicted octanol–water partition coefficient (Wildman–Crippen LogP) is 2.50. The summed E-state index contributed by atoms with van der Waals surface area (Å²) in [5, 5.41) is 3.24. The van der Waals surface area contributed by atoms with Crippen molar-refractivity contribution in [2.24, 2.45) is 5.41 Å². The summed E-state index contributed by atoms with van der Waals surface area (Å²) in [6.45, 7) is 2.68. The fourth-order valence-corrected chi connectivity index (χ4v) is 4.78. The fourth-order valence-electron chi connectivity index (χ4n) is 3.11. The van der Waals surface area contributed by atoms with Crippen molar-refractivity contribution in [1.82, 2.24) is 9.62 Å². The van der Waals surface area contributed by atoms with Crippen LogP contribution < -0.4 is 5.32 Å². The van der Waals surface area contributed by atoms with E-state index in [1.807, 2.05) is 0 Å². The van der Waals surface area contributed by atoms with Gasteiger partial charge in [-0.1, -0.05) is 0 Å². The largest absolute Gasteiger partial charge is 0.416 e. The Labute approximate surface area is 139 Å². The first-order valence-electron chi connectivity index (χ1n) is 7.11. The zero-order valence-corrected chi connectivity index (χ0v) is 13.9. The highest BCUT2D eigenvalue weighted by Gasteiger charge is 2.48. The van der Waals surface area contributed by atoms with Crippen LogP contribution in [0.2, 0.25) is 0 Å². The Morgan fingerprint density at radius 1 is 1.04 bits per heavy atom. The smallest absolute Gasteiger partial charge is 0.317 e. The van der Waals surface area contributed by atoms with Crippen LogP contribution in [0.5, 0.6) is 0 Å². The summed E-state index contributed by atoms with van der Waals surface area (Å²) in [6, 6.07) is 3.69. The van der Waals surface area contributed by atoms with Crippen molar-refractivity contribution in [3.05, 3.63) is 29.8 Å². The molecule has 130 valence electrons. The molecule has 1 aromatic carbocycles. The molecule has 23 heavy (non-hydrogen) atoms. The third-order valence-corrected chi connectivity index (χ3v) is 6.31. The summed E-state index contributed by atoms with van der Waals surface area (Å²) in [4.78, 5) is -0.0794. The van der Waals surface area contributed by atoms with Crippen molar-refractivity contribution in [2.75, 3.05) is 26.2 Å². The number of piperidine rings is 1. The summed E-state index contributed by atoms with van der Waals surface area (Å²) >= 11 is 0. The molecule has 1 spiro atoms. The van der Waals surface area contributed by atoms with E-state index in [-0.39, 0.29) is 22.7 Å². The Balaban J connectivity index is 0.00000192. The molecule has 0 atom stereocenters. The molecular weight excluding hydrogens is 353 g/mol. The highest BCUT2D eigenvalue weighted by molar-refractivity contribution is 7.89. The Morgan fingerprint density at radius 2 is 1.57 bits per heavy atom. The average Bonchev–Trinajstić information content (AvgIpc) is 2.45. The second-order valence-electron chi connectivity index (χ2n) is 6.05. The highest BCUT2D eigenvalue weighted by Crippen LogP contribution is 2.41. The van der Waals surface area contributed by atoms with Gasteiger partial charge in [-0.3, -0.25) is 0 Å². The van der Waals surface area contributed by atoms with Crippen LogP contribution in [0.3, 0.4) is 0 Å². The van der Waals surface area contributed by atoms with Gasteiger partial charge in [0.15, 0.2) is 0 Å². The lowest BCUT2D eigenvalue weighted by molar-refractivity contribution is -0.137. The third kappa shape index (κ3) is 3.50. The van der Waals surface area contributed by atoms with Gasteiger partial charge >= 0.3 is 6.18 Å². The zero-order valence-electron chi connectivity index (χ0n) is 12.3. The quantitative estimate of drug-likeness (QED) is 0.870. The van der Waals surface area contributed by atoms with E-state index in [0.29, 0.717) is 13.1 Å². The molecular formula is C14H18ClF3N2O2S. The fraction of sp³-hybridized carbons (Fsp3) is 0.571. The lowest BCUT2D eigenvalue weighted by Crippen LogP contribution is -2.61. The number of hydrogen-bond acceptors (Lipinski definition) is 3. The van der Waals surface area contributed by atoms with Crippen LogP contribution in [0, 0.1) is 5.41 Å². The zero-order chi connectivity index (χ0) is 16.0. The van der Waals surface area contributed by atoms with Crippen LogP contribution >= 0.6 is 12.4 Å². The van der Waals surface area contributed by atoms with E-state index < -0.39 is 21.8 Å². The second-order valence-corrected chi connectivity index (χ2v) is 7.98. The van der Waals surface area contributed by atoms with Gasteiger partial charge in [-0.05, 0) is 50.2 Å². The van der Waals surface area contributed by atoms with E-state index in [1.54, 1.807) is 0 Å². The summed E-state index contributed by atoms with van der Waals surface area (Å²) in [7, 11) is -3.69. The van der Waals surface area contributed by atoms with E-state index in [9.17, 15) is 21.6 Å². The molecule has 0 amide bonds. The maximum atomic E-state index is 12.5. The monoisotopic (exact) mass is 370 g/mol. The number of rotatable bonds is 2. The van der Waals surface area contributed by atoms with Crippen molar-refractivity contribution < 1.29 is 21.6 Å². The van der Waals surface area contributed by atoms with Gasteiger partial charge in [0.1, 0.15) is 0 Å². The van der Waals surface area contributed by atoms with Crippen LogP contribution in [0.15, 0.2) is 29.2 Å². The average molecular weight is 371 g/mol. The van der Waals surface area contributed by atoms with E-state index in [2.05, 4.69) is 5.32 Å². The molecule has 0 radical (unpaired) electrons. The molecule has 2 aliphatic rings. The Bertz CT molecular complexity index is 648. The Kier molecular flexibility index (Phi) is 5.02. The molecule has 9 heteroatoms. The first kappa shape index (κ1) is 18.5. The number of nitrogens with zero attached hydrogens (tertiary/aromatic N) is 1. The first-order chi connectivity index (χ1) is 10.2. The maximum Gasteiger partial charge on any atom is 0.416 e. The molecule has 1 N–H and O–H groups in total. The molecule has 1 aromatic rings. The molecule has 2 aliphatic heterocycles. The van der Waals surface area contributed by atoms with Crippen LogP contribution in [0.25, 0.3) is 0 Å². The number of alkyl halides is 3. The Hall–Kier alpha value is -0.830. The molecule has 0 bridgehead atoms. The maximum absolute atomic E-state index is 12.5. The lowest BCUT2D eigenvalue weighted by Gasteiger charge is -2.51. The molecule has 0 aliphatic carbocycles. The van der Waals surface area contributed by atoms with Gasteiger partial charge < -0.3 is 5.32 Å². The SMILES string of the molecule is Cl.O=S(=O)(c1ccc(C(F)(F)F)cc1)N1CC2(CCNCC2)C1. The normalized spacial score (nSPS) is 21.5. The topological polar surface area (TPSA) is 49.4 Å². The summed E-state index contributed by atoms with van der Waals surface area (Å²) in [5.41, 5.74) is -0.797. The number of hydrogen-bond donors (Lipinski definition) is 1. The first-order valence-corrected chi connectivity index (χ1v) is 8.55. The van der Waals surface area contributed by atoms with Crippen LogP contribution in [-0.2, 0) is 16.2 Å². The van der Waals surface area contributed by atoms with Crippen molar-refractivity contribution in [2.45, 2.75) is 23.9 Å². The minimum absolute atomic E-state index is 0. The summed E-state index contributed by atoms with van der Waals surface area (Å²) in [6.07, 6.45) is -2.59. The van der Waals surface area contributed by atoms with Crippen molar-refractivity contribution in [3.8, 4) is 0 Å². The van der Waals surface area contributed by atoms with E-state index in [1.165, 1.54) is 4.31 Å². The van der Waals surface area contributed by atoms with Crippen molar-refractivity contribution in [1.29, 1.82) is 0 Å². The summed E-state index contributed by atoms with van der Waals surface area (Å²) in [5.74, 6) is 0. The van der Waals surface area contributed by atoms with E-state index in [4.69, 9.17) is 0 Å². The second kappa shape index (κ2) is 6.23. The molecule has 0 aromatic heterocycles. The van der Waals surface area contributed by atoms with Crippen LogP contribution in [0.4, 0.5) is 13.2 Å². The molecule has 2 saturated heterocycles. The van der Waals surface area contributed by atoms with Crippen LogP contribution in [0.1, 0.15) is 18.4 Å². The highest BCUT2D eigenvalue weighted by atomic mass is 35.5. The van der Waals surface area contributed by atoms with Gasteiger partial charge in [0, 0.05) is 18.5 Å². The molecule has 0 unspecified atom stereocenters. The van der Waals surface area contributed by atoms with Crippen molar-refractivity contribution in [3.63, 3.8) is 0 Å². The molecule has 0 saturated carbocycles. The van der Waals surface area contributed by atoms with Gasteiger partial charge in [0.05, 0.1) is 10.5 Å². The predicted molar refractivity (Wildman–Crippen MR) is 82.0 cm³/mol. The number of sulfonamides is 1. The molecule has 4 nitrogen and oxygen atoms in total. The number of nitrogens with one attached hydrogen (secondary N) is 1. The minimum atomic E-state index is -4.46. The van der Waals surface area contributed by atoms with Gasteiger partial charge in [0.2, 0.25) is 10.0 Å². The minimum Gasteiger partial charge on any atom is -0.317 e. The number of halogens is 4. The van der Waals surface area contributed by atoms with Crippen molar-refractivity contribution >= 4 is 22.4 Å². The van der Waals surface area contributed by atoms with Gasteiger partial charge in [-0.15, -0.1) is 12.4 Å². The molecule has 2 fully saturated rings. The molecule has 3 rings (SSSR count). The standard InChI is InChI=1S/C14H17F3N2O2S.ClH/c15-14(16,17)11-1-3-12(4-2-11)22(20,21)19-9-13(10-19)5-7-18-8-6-13;/h1-4,18H,5-10H2;1H. The van der Waals surface area contributed by atoms with Crippen LogP contribution in [-0.4, -0.2) is 38.9 Å². The summed E-state index contributed by atoms with van der Waals surface area (Å²) < 4.78 is 63.8. The molecule has 2 heterocycles. The van der Waals surface area contributed by atoms with Gasteiger partial charge in [-0.2, -0.15) is 17.5 Å². The van der Waals surface area contributed by atoms with E-state index >= 15 is 0 Å². The van der Waals surface area contributed by atoms with Gasteiger partial charge in [-0.25, -0.2) is 8.42 Å². The van der Waals surface area contributed by atoms with E-state index in [0.717, 1.165) is 50.2 Å². The third-order valence-electron chi connectivity index (χ3n) is 4.51. The van der Waals surface area contributed by atoms with Gasteiger partial charge in [0.25, 0.3) is 0 Å². The lowest BCUT2D eigenvalue weighted by atomic mass is 9.74. The number of benzene rings is 1. The Morgan fingerprint density at radius 3 is 2.04 bits per heavy atom.